The van der Waals surface area contributed by atoms with Crippen LogP contribution in [0.15, 0.2) is 54.6 Å². The summed E-state index contributed by atoms with van der Waals surface area (Å²) in [6, 6.07) is 16.1. The standard InChI is InChI=1S/C20H24FN3O.2ClH/c1-15(19(22)16-7-3-2-4-8-16)20(25)24-13-11-23(12-14-24)18-10-6-5-9-17(18)21;;/h2-10,15,19H,11-14,22H2,1H3;2*1H. The van der Waals surface area contributed by atoms with Crippen molar-refractivity contribution in [3.05, 3.63) is 66.0 Å². The van der Waals surface area contributed by atoms with E-state index in [9.17, 15) is 9.18 Å². The monoisotopic (exact) mass is 413 g/mol. The van der Waals surface area contributed by atoms with Gasteiger partial charge in [-0.15, -0.1) is 24.8 Å². The molecule has 7 heteroatoms. The van der Waals surface area contributed by atoms with Gasteiger partial charge in [-0.1, -0.05) is 49.4 Å². The van der Waals surface area contributed by atoms with Crippen molar-refractivity contribution in [2.24, 2.45) is 11.7 Å². The van der Waals surface area contributed by atoms with E-state index in [-0.39, 0.29) is 48.5 Å². The molecule has 2 aromatic rings. The number of hydrogen-bond donors (Lipinski definition) is 1. The summed E-state index contributed by atoms with van der Waals surface area (Å²) in [5, 5.41) is 0. The van der Waals surface area contributed by atoms with Crippen LogP contribution in [0.1, 0.15) is 18.5 Å². The molecular weight excluding hydrogens is 388 g/mol. The fraction of sp³-hybridized carbons (Fsp3) is 0.350. The van der Waals surface area contributed by atoms with Gasteiger partial charge in [0.05, 0.1) is 11.6 Å². The Morgan fingerprint density at radius 1 is 0.963 bits per heavy atom. The van der Waals surface area contributed by atoms with Gasteiger partial charge in [0.2, 0.25) is 5.91 Å². The van der Waals surface area contributed by atoms with E-state index in [0.29, 0.717) is 31.9 Å². The second kappa shape index (κ2) is 10.5. The minimum Gasteiger partial charge on any atom is -0.366 e. The largest absolute Gasteiger partial charge is 0.366 e. The van der Waals surface area contributed by atoms with Crippen LogP contribution in [0.3, 0.4) is 0 Å². The minimum absolute atomic E-state index is 0. The van der Waals surface area contributed by atoms with Crippen LogP contribution in [0.5, 0.6) is 0 Å². The Hall–Kier alpha value is -1.82. The molecule has 1 aliphatic heterocycles. The lowest BCUT2D eigenvalue weighted by Gasteiger charge is -2.38. The molecule has 0 spiro atoms. The zero-order chi connectivity index (χ0) is 17.8. The van der Waals surface area contributed by atoms with Gasteiger partial charge in [-0.3, -0.25) is 4.79 Å². The quantitative estimate of drug-likeness (QED) is 0.831. The summed E-state index contributed by atoms with van der Waals surface area (Å²) >= 11 is 0. The zero-order valence-corrected chi connectivity index (χ0v) is 16.9. The first-order valence-corrected chi connectivity index (χ1v) is 8.66. The van der Waals surface area contributed by atoms with Crippen molar-refractivity contribution in [2.45, 2.75) is 13.0 Å². The van der Waals surface area contributed by atoms with Gasteiger partial charge in [0, 0.05) is 32.2 Å². The molecule has 27 heavy (non-hydrogen) atoms. The molecule has 1 amide bonds. The number of para-hydroxylation sites is 1. The molecule has 2 aromatic carbocycles. The molecule has 148 valence electrons. The number of rotatable bonds is 4. The Balaban J connectivity index is 0.00000182. The molecule has 4 nitrogen and oxygen atoms in total. The summed E-state index contributed by atoms with van der Waals surface area (Å²) in [7, 11) is 0. The Labute approximate surface area is 172 Å². The number of carbonyl (C=O) groups is 1. The highest BCUT2D eigenvalue weighted by Gasteiger charge is 2.29. The zero-order valence-electron chi connectivity index (χ0n) is 15.3. The summed E-state index contributed by atoms with van der Waals surface area (Å²) in [5.41, 5.74) is 7.84. The van der Waals surface area contributed by atoms with E-state index < -0.39 is 0 Å². The van der Waals surface area contributed by atoms with E-state index in [1.54, 1.807) is 12.1 Å². The van der Waals surface area contributed by atoms with E-state index in [4.69, 9.17) is 5.73 Å². The first kappa shape index (κ1) is 23.2. The van der Waals surface area contributed by atoms with Crippen LogP contribution >= 0.6 is 24.8 Å². The third-order valence-electron chi connectivity index (χ3n) is 4.90. The predicted octanol–water partition coefficient (Wildman–Crippen LogP) is 3.65. The summed E-state index contributed by atoms with van der Waals surface area (Å²) in [4.78, 5) is 16.6. The van der Waals surface area contributed by atoms with Crippen molar-refractivity contribution in [2.75, 3.05) is 31.1 Å². The highest BCUT2D eigenvalue weighted by Crippen LogP contribution is 2.24. The number of halogens is 3. The fourth-order valence-electron chi connectivity index (χ4n) is 3.28. The van der Waals surface area contributed by atoms with Crippen LogP contribution in [0.4, 0.5) is 10.1 Å². The van der Waals surface area contributed by atoms with Crippen LogP contribution in [0.2, 0.25) is 0 Å². The lowest BCUT2D eigenvalue weighted by molar-refractivity contribution is -0.136. The van der Waals surface area contributed by atoms with Gasteiger partial charge in [-0.05, 0) is 17.7 Å². The molecule has 0 aromatic heterocycles. The summed E-state index contributed by atoms with van der Waals surface area (Å²) in [6.45, 7) is 4.29. The maximum absolute atomic E-state index is 13.9. The minimum atomic E-state index is -0.321. The maximum Gasteiger partial charge on any atom is 0.227 e. The molecule has 0 radical (unpaired) electrons. The summed E-state index contributed by atoms with van der Waals surface area (Å²) < 4.78 is 13.9. The van der Waals surface area contributed by atoms with Gasteiger partial charge < -0.3 is 15.5 Å². The average Bonchev–Trinajstić information content (AvgIpc) is 2.67. The number of benzene rings is 2. The van der Waals surface area contributed by atoms with Crippen molar-refractivity contribution in [1.82, 2.24) is 4.90 Å². The van der Waals surface area contributed by atoms with Gasteiger partial charge in [-0.2, -0.15) is 0 Å². The molecule has 0 saturated carbocycles. The van der Waals surface area contributed by atoms with Crippen LogP contribution < -0.4 is 10.6 Å². The van der Waals surface area contributed by atoms with E-state index in [2.05, 4.69) is 0 Å². The SMILES string of the molecule is CC(C(=O)N1CCN(c2ccccc2F)CC1)C(N)c1ccccc1.Cl.Cl. The molecule has 0 aliphatic carbocycles. The van der Waals surface area contributed by atoms with E-state index in [1.807, 2.05) is 53.1 Å². The molecular formula is C20H26Cl2FN3O. The number of carbonyl (C=O) groups excluding carboxylic acids is 1. The molecule has 1 heterocycles. The Bertz CT molecular complexity index is 724. The maximum atomic E-state index is 13.9. The highest BCUT2D eigenvalue weighted by molar-refractivity contribution is 5.85. The van der Waals surface area contributed by atoms with Crippen molar-refractivity contribution in [1.29, 1.82) is 0 Å². The second-order valence-electron chi connectivity index (χ2n) is 6.49. The lowest BCUT2D eigenvalue weighted by atomic mass is 9.94. The Kier molecular flexibility index (Phi) is 9.03. The normalized spacial score (nSPS) is 16.0. The number of amides is 1. The van der Waals surface area contributed by atoms with Gasteiger partial charge in [0.1, 0.15) is 5.82 Å². The second-order valence-corrected chi connectivity index (χ2v) is 6.49. The van der Waals surface area contributed by atoms with Crippen molar-refractivity contribution in [3.8, 4) is 0 Å². The van der Waals surface area contributed by atoms with E-state index in [1.165, 1.54) is 6.07 Å². The lowest BCUT2D eigenvalue weighted by Crippen LogP contribution is -2.51. The van der Waals surface area contributed by atoms with Crippen molar-refractivity contribution in [3.63, 3.8) is 0 Å². The van der Waals surface area contributed by atoms with Crippen LogP contribution in [-0.2, 0) is 4.79 Å². The van der Waals surface area contributed by atoms with Crippen LogP contribution in [0, 0.1) is 11.7 Å². The molecule has 2 atom stereocenters. The van der Waals surface area contributed by atoms with Gasteiger partial charge in [0.25, 0.3) is 0 Å². The first-order valence-electron chi connectivity index (χ1n) is 8.66. The highest BCUT2D eigenvalue weighted by atomic mass is 35.5. The van der Waals surface area contributed by atoms with Crippen LogP contribution in [-0.4, -0.2) is 37.0 Å². The van der Waals surface area contributed by atoms with Gasteiger partial charge >= 0.3 is 0 Å². The number of nitrogens with two attached hydrogens (primary N) is 1. The fourth-order valence-corrected chi connectivity index (χ4v) is 3.28. The topological polar surface area (TPSA) is 49.6 Å². The third-order valence-corrected chi connectivity index (χ3v) is 4.90. The number of anilines is 1. The first-order chi connectivity index (χ1) is 12.1. The summed E-state index contributed by atoms with van der Waals surface area (Å²) in [5.74, 6) is -0.450. The molecule has 2 N–H and O–H groups in total. The molecule has 3 rings (SSSR count). The van der Waals surface area contributed by atoms with Crippen molar-refractivity contribution >= 4 is 36.4 Å². The Morgan fingerprint density at radius 2 is 1.52 bits per heavy atom. The summed E-state index contributed by atoms with van der Waals surface area (Å²) in [6.07, 6.45) is 0. The molecule has 2 unspecified atom stereocenters. The molecule has 1 saturated heterocycles. The van der Waals surface area contributed by atoms with Crippen molar-refractivity contribution < 1.29 is 9.18 Å². The molecule has 1 fully saturated rings. The smallest absolute Gasteiger partial charge is 0.227 e. The predicted molar refractivity (Wildman–Crippen MR) is 112 cm³/mol. The molecule has 1 aliphatic rings. The Morgan fingerprint density at radius 3 is 2.11 bits per heavy atom. The van der Waals surface area contributed by atoms with Gasteiger partial charge in [-0.25, -0.2) is 4.39 Å². The number of hydrogen-bond acceptors (Lipinski definition) is 3. The van der Waals surface area contributed by atoms with Crippen LogP contribution in [0.25, 0.3) is 0 Å². The third kappa shape index (κ3) is 5.34. The molecule has 0 bridgehead atoms. The number of nitrogens with zero attached hydrogens (tertiary/aromatic N) is 2. The number of piperazine rings is 1. The van der Waals surface area contributed by atoms with E-state index in [0.717, 1.165) is 5.56 Å². The average molecular weight is 414 g/mol. The van der Waals surface area contributed by atoms with Gasteiger partial charge in [0.15, 0.2) is 0 Å². The van der Waals surface area contributed by atoms with E-state index >= 15 is 0 Å².